The van der Waals surface area contributed by atoms with Crippen LogP contribution in [0.25, 0.3) is 0 Å². The lowest BCUT2D eigenvalue weighted by Crippen LogP contribution is -2.29. The molecule has 0 saturated carbocycles. The summed E-state index contributed by atoms with van der Waals surface area (Å²) in [5, 5.41) is 0. The van der Waals surface area contributed by atoms with E-state index < -0.39 is 70.2 Å². The maximum Gasteiger partial charge on any atom is 0.424 e. The molecule has 0 aliphatic rings. The minimum atomic E-state index is -5.83. The van der Waals surface area contributed by atoms with Gasteiger partial charge in [0.15, 0.2) is 5.57 Å². The van der Waals surface area contributed by atoms with Crippen LogP contribution in [0.2, 0.25) is 0 Å². The van der Waals surface area contributed by atoms with E-state index in [1.54, 1.807) is 0 Å². The van der Waals surface area contributed by atoms with Gasteiger partial charge in [-0.25, -0.2) is 8.37 Å². The number of rotatable bonds is 9. The highest BCUT2D eigenvalue weighted by atomic mass is 32.3. The quantitative estimate of drug-likeness (QED) is 0.310. The molecular weight excluding hydrogens is 430 g/mol. The SMILES string of the molecule is CC(OCC(COS(=O)(=O)O)COS(=O)(=O)O)=C(C(F)(F)F)C(F)(F)F. The van der Waals surface area contributed by atoms with Crippen molar-refractivity contribution in [3.05, 3.63) is 11.3 Å². The molecular formula is C9H12F6O9S2. The summed E-state index contributed by atoms with van der Waals surface area (Å²) in [6.07, 6.45) is -11.7. The van der Waals surface area contributed by atoms with E-state index in [0.717, 1.165) is 0 Å². The highest BCUT2D eigenvalue weighted by Crippen LogP contribution is 2.40. The Morgan fingerprint density at radius 3 is 1.46 bits per heavy atom. The van der Waals surface area contributed by atoms with Crippen LogP contribution >= 0.6 is 0 Å². The van der Waals surface area contributed by atoms with Crippen molar-refractivity contribution in [1.29, 1.82) is 0 Å². The van der Waals surface area contributed by atoms with Crippen molar-refractivity contribution in [2.45, 2.75) is 19.3 Å². The van der Waals surface area contributed by atoms with Gasteiger partial charge in [-0.2, -0.15) is 43.2 Å². The molecule has 0 aromatic rings. The number of halogens is 6. The molecule has 2 N–H and O–H groups in total. The zero-order valence-electron chi connectivity index (χ0n) is 12.5. The molecule has 0 unspecified atom stereocenters. The average molecular weight is 442 g/mol. The molecule has 156 valence electrons. The molecule has 0 aromatic heterocycles. The number of allylic oxidation sites excluding steroid dienone is 2. The van der Waals surface area contributed by atoms with Gasteiger partial charge in [-0.15, -0.1) is 0 Å². The van der Waals surface area contributed by atoms with Gasteiger partial charge in [0.05, 0.1) is 19.8 Å². The van der Waals surface area contributed by atoms with Crippen molar-refractivity contribution in [3.63, 3.8) is 0 Å². The Kier molecular flexibility index (Phi) is 8.32. The Morgan fingerprint density at radius 2 is 1.19 bits per heavy atom. The van der Waals surface area contributed by atoms with Crippen LogP contribution in [0, 0.1) is 5.92 Å². The van der Waals surface area contributed by atoms with Crippen LogP contribution in [0.15, 0.2) is 11.3 Å². The van der Waals surface area contributed by atoms with Gasteiger partial charge in [-0.05, 0) is 6.92 Å². The molecule has 0 atom stereocenters. The highest BCUT2D eigenvalue weighted by Gasteiger charge is 2.53. The average Bonchev–Trinajstić information content (AvgIpc) is 2.31. The van der Waals surface area contributed by atoms with Crippen LogP contribution in [-0.4, -0.2) is 58.1 Å². The standard InChI is InChI=1S/C9H12F6O9S2/c1-5(7(8(10,11)12)9(13,14)15)22-2-6(3-23-25(16,17)18)4-24-26(19,20)21/h6H,2-4H2,1H3,(H,16,17,18)(H,19,20,21). The predicted octanol–water partition coefficient (Wildman–Crippen LogP) is 1.66. The molecule has 0 fully saturated rings. The first-order chi connectivity index (χ1) is 11.3. The summed E-state index contributed by atoms with van der Waals surface area (Å²) < 4.78 is 145. The molecule has 0 spiro atoms. The molecule has 0 saturated heterocycles. The zero-order valence-corrected chi connectivity index (χ0v) is 14.2. The van der Waals surface area contributed by atoms with Crippen molar-refractivity contribution >= 4 is 20.8 Å². The normalized spacial score (nSPS) is 13.8. The Balaban J connectivity index is 5.33. The second-order valence-electron chi connectivity index (χ2n) is 4.53. The van der Waals surface area contributed by atoms with Crippen LogP contribution in [0.4, 0.5) is 26.3 Å². The number of hydrogen-bond donors (Lipinski definition) is 2. The van der Waals surface area contributed by atoms with Crippen molar-refractivity contribution in [2.24, 2.45) is 5.92 Å². The zero-order chi connectivity index (χ0) is 21.0. The third-order valence-corrected chi connectivity index (χ3v) is 3.23. The summed E-state index contributed by atoms with van der Waals surface area (Å²) in [5.74, 6) is -3.26. The molecule has 0 aromatic carbocycles. The number of alkyl halides is 6. The van der Waals surface area contributed by atoms with Crippen LogP contribution in [0.3, 0.4) is 0 Å². The van der Waals surface area contributed by atoms with E-state index in [9.17, 15) is 43.2 Å². The molecule has 0 amide bonds. The van der Waals surface area contributed by atoms with Crippen LogP contribution in [-0.2, 0) is 33.9 Å². The van der Waals surface area contributed by atoms with E-state index in [-0.39, 0.29) is 0 Å². The van der Waals surface area contributed by atoms with Gasteiger partial charge in [0.2, 0.25) is 0 Å². The first-order valence-electron chi connectivity index (χ1n) is 6.04. The van der Waals surface area contributed by atoms with Gasteiger partial charge >= 0.3 is 33.2 Å². The molecule has 9 nitrogen and oxygen atoms in total. The smallest absolute Gasteiger partial charge is 0.424 e. The minimum Gasteiger partial charge on any atom is -0.497 e. The predicted molar refractivity (Wildman–Crippen MR) is 69.3 cm³/mol. The van der Waals surface area contributed by atoms with Crippen molar-refractivity contribution in [2.75, 3.05) is 19.8 Å². The van der Waals surface area contributed by atoms with Gasteiger partial charge in [0, 0.05) is 5.92 Å². The van der Waals surface area contributed by atoms with Crippen LogP contribution in [0.5, 0.6) is 0 Å². The molecule has 0 aliphatic carbocycles. The summed E-state index contributed by atoms with van der Waals surface area (Å²) in [4.78, 5) is 0. The van der Waals surface area contributed by atoms with Crippen LogP contribution < -0.4 is 0 Å². The maximum absolute atomic E-state index is 12.5. The number of ether oxygens (including phenoxy) is 1. The van der Waals surface area contributed by atoms with Crippen molar-refractivity contribution in [3.8, 4) is 0 Å². The van der Waals surface area contributed by atoms with Gasteiger partial charge in [0.1, 0.15) is 5.76 Å². The van der Waals surface area contributed by atoms with Gasteiger partial charge in [-0.3, -0.25) is 9.11 Å². The number of hydrogen-bond acceptors (Lipinski definition) is 7. The van der Waals surface area contributed by atoms with E-state index >= 15 is 0 Å². The van der Waals surface area contributed by atoms with E-state index in [1.165, 1.54) is 0 Å². The highest BCUT2D eigenvalue weighted by molar-refractivity contribution is 7.81. The summed E-state index contributed by atoms with van der Waals surface area (Å²) in [6.45, 7) is -3.11. The fourth-order valence-electron chi connectivity index (χ4n) is 1.38. The second-order valence-corrected chi connectivity index (χ2v) is 6.71. The summed E-state index contributed by atoms with van der Waals surface area (Å²) in [5.41, 5.74) is -2.98. The van der Waals surface area contributed by atoms with E-state index in [4.69, 9.17) is 9.11 Å². The lowest BCUT2D eigenvalue weighted by molar-refractivity contribution is -0.176. The molecule has 0 rings (SSSR count). The monoisotopic (exact) mass is 442 g/mol. The van der Waals surface area contributed by atoms with Gasteiger partial charge in [-0.1, -0.05) is 0 Å². The fraction of sp³-hybridized carbons (Fsp3) is 0.778. The van der Waals surface area contributed by atoms with Crippen molar-refractivity contribution in [1.82, 2.24) is 0 Å². The topological polar surface area (TPSA) is 136 Å². The third kappa shape index (κ3) is 10.8. The van der Waals surface area contributed by atoms with E-state index in [1.807, 2.05) is 0 Å². The lowest BCUT2D eigenvalue weighted by atomic mass is 10.2. The Bertz CT molecular complexity index is 655. The van der Waals surface area contributed by atoms with Crippen molar-refractivity contribution < 1.29 is 65.4 Å². The largest absolute Gasteiger partial charge is 0.497 e. The first kappa shape index (κ1) is 24.9. The van der Waals surface area contributed by atoms with Crippen LogP contribution in [0.1, 0.15) is 6.92 Å². The fourth-order valence-corrected chi connectivity index (χ4v) is 2.11. The van der Waals surface area contributed by atoms with E-state index in [2.05, 4.69) is 13.1 Å². The van der Waals surface area contributed by atoms with E-state index in [0.29, 0.717) is 6.92 Å². The maximum atomic E-state index is 12.5. The summed E-state index contributed by atoms with van der Waals surface area (Å²) in [6, 6.07) is 0. The molecule has 26 heavy (non-hydrogen) atoms. The second kappa shape index (κ2) is 8.70. The Labute approximate surface area is 143 Å². The molecule has 0 bridgehead atoms. The summed E-state index contributed by atoms with van der Waals surface area (Å²) >= 11 is 0. The summed E-state index contributed by atoms with van der Waals surface area (Å²) in [7, 11) is -10.1. The minimum absolute atomic E-state index is 0.320. The third-order valence-electron chi connectivity index (χ3n) is 2.36. The molecule has 17 heteroatoms. The van der Waals surface area contributed by atoms with Gasteiger partial charge < -0.3 is 4.74 Å². The molecule has 0 heterocycles. The Morgan fingerprint density at radius 1 is 0.846 bits per heavy atom. The molecule has 0 radical (unpaired) electrons. The lowest BCUT2D eigenvalue weighted by Gasteiger charge is -2.21. The molecule has 0 aliphatic heterocycles. The van der Waals surface area contributed by atoms with Gasteiger partial charge in [0.25, 0.3) is 0 Å². The first-order valence-corrected chi connectivity index (χ1v) is 8.77. The Hall–Kier alpha value is -1.14.